The summed E-state index contributed by atoms with van der Waals surface area (Å²) in [5, 5.41) is 1.39. The summed E-state index contributed by atoms with van der Waals surface area (Å²) in [6.07, 6.45) is 3.59. The largest absolute Gasteiger partial charge is 0.358 e. The SMILES string of the molecule is CN(C)C1CCc2[nH]c3ccc(Br)cc3c2C1.I. The van der Waals surface area contributed by atoms with Gasteiger partial charge in [0, 0.05) is 27.1 Å². The second-order valence-electron chi connectivity index (χ2n) is 5.13. The predicted octanol–water partition coefficient (Wildman–Crippen LogP) is 3.97. The van der Waals surface area contributed by atoms with Gasteiger partial charge in [0.1, 0.15) is 0 Å². The smallest absolute Gasteiger partial charge is 0.0459 e. The lowest BCUT2D eigenvalue weighted by molar-refractivity contribution is 0.268. The summed E-state index contributed by atoms with van der Waals surface area (Å²) >= 11 is 3.56. The van der Waals surface area contributed by atoms with Crippen molar-refractivity contribution in [3.63, 3.8) is 0 Å². The Morgan fingerprint density at radius 2 is 2.11 bits per heavy atom. The topological polar surface area (TPSA) is 19.0 Å². The second kappa shape index (κ2) is 5.51. The van der Waals surface area contributed by atoms with Crippen molar-refractivity contribution < 1.29 is 0 Å². The molecule has 4 heteroatoms. The quantitative estimate of drug-likeness (QED) is 0.691. The number of nitrogens with zero attached hydrogens (tertiary/aromatic N) is 1. The normalized spacial score (nSPS) is 18.8. The first-order valence-electron chi connectivity index (χ1n) is 6.10. The van der Waals surface area contributed by atoms with E-state index in [9.17, 15) is 0 Å². The number of hydrogen-bond acceptors (Lipinski definition) is 1. The van der Waals surface area contributed by atoms with Gasteiger partial charge in [-0.15, -0.1) is 24.0 Å². The summed E-state index contributed by atoms with van der Waals surface area (Å²) in [6, 6.07) is 7.19. The Bertz CT molecular complexity index is 562. The van der Waals surface area contributed by atoms with Gasteiger partial charge < -0.3 is 9.88 Å². The van der Waals surface area contributed by atoms with E-state index in [-0.39, 0.29) is 24.0 Å². The molecule has 98 valence electrons. The Hall–Kier alpha value is -0.0700. The highest BCUT2D eigenvalue weighted by molar-refractivity contribution is 14.0. The van der Waals surface area contributed by atoms with E-state index in [0.717, 1.165) is 0 Å². The molecule has 0 aliphatic heterocycles. The summed E-state index contributed by atoms with van der Waals surface area (Å²) in [4.78, 5) is 5.91. The van der Waals surface area contributed by atoms with Gasteiger partial charge in [-0.1, -0.05) is 15.9 Å². The summed E-state index contributed by atoms with van der Waals surface area (Å²) in [5.41, 5.74) is 4.24. The number of H-pyrrole nitrogens is 1. The molecule has 1 aromatic carbocycles. The van der Waals surface area contributed by atoms with Crippen molar-refractivity contribution in [1.82, 2.24) is 9.88 Å². The summed E-state index contributed by atoms with van der Waals surface area (Å²) in [6.45, 7) is 0. The predicted molar refractivity (Wildman–Crippen MR) is 90.9 cm³/mol. The molecule has 0 saturated heterocycles. The van der Waals surface area contributed by atoms with Gasteiger partial charge in [-0.25, -0.2) is 0 Å². The van der Waals surface area contributed by atoms with Crippen molar-refractivity contribution in [2.45, 2.75) is 25.3 Å². The van der Waals surface area contributed by atoms with Crippen LogP contribution in [0.1, 0.15) is 17.7 Å². The maximum absolute atomic E-state index is 3.56. The van der Waals surface area contributed by atoms with E-state index >= 15 is 0 Å². The molecule has 1 aliphatic carbocycles. The van der Waals surface area contributed by atoms with Crippen molar-refractivity contribution in [3.8, 4) is 0 Å². The molecule has 1 unspecified atom stereocenters. The lowest BCUT2D eigenvalue weighted by Gasteiger charge is -2.28. The van der Waals surface area contributed by atoms with E-state index in [1.807, 2.05) is 0 Å². The molecule has 0 fully saturated rings. The molecule has 0 radical (unpaired) electrons. The second-order valence-corrected chi connectivity index (χ2v) is 6.05. The van der Waals surface area contributed by atoms with Crippen LogP contribution in [0, 0.1) is 0 Å². The third-order valence-electron chi connectivity index (χ3n) is 3.85. The highest BCUT2D eigenvalue weighted by atomic mass is 127. The molecule has 2 nitrogen and oxygen atoms in total. The molecule has 18 heavy (non-hydrogen) atoms. The fourth-order valence-electron chi connectivity index (χ4n) is 2.81. The summed E-state index contributed by atoms with van der Waals surface area (Å²) < 4.78 is 1.17. The fraction of sp³-hybridized carbons (Fsp3) is 0.429. The van der Waals surface area contributed by atoms with Crippen LogP contribution in [0.5, 0.6) is 0 Å². The van der Waals surface area contributed by atoms with Crippen molar-refractivity contribution in [1.29, 1.82) is 0 Å². The molecule has 1 aliphatic rings. The first-order chi connectivity index (χ1) is 8.15. The number of aryl methyl sites for hydroxylation is 1. The van der Waals surface area contributed by atoms with Gasteiger partial charge in [-0.2, -0.15) is 0 Å². The number of hydrogen-bond donors (Lipinski definition) is 1. The molecule has 0 spiro atoms. The Morgan fingerprint density at radius 1 is 1.33 bits per heavy atom. The monoisotopic (exact) mass is 420 g/mol. The minimum Gasteiger partial charge on any atom is -0.358 e. The van der Waals surface area contributed by atoms with Crippen molar-refractivity contribution >= 4 is 50.8 Å². The van der Waals surface area contributed by atoms with E-state index in [0.29, 0.717) is 6.04 Å². The average molecular weight is 421 g/mol. The van der Waals surface area contributed by atoms with Crippen LogP contribution in [0.15, 0.2) is 22.7 Å². The van der Waals surface area contributed by atoms with E-state index in [1.54, 1.807) is 0 Å². The number of nitrogens with one attached hydrogen (secondary N) is 1. The Morgan fingerprint density at radius 3 is 2.83 bits per heavy atom. The lowest BCUT2D eigenvalue weighted by atomic mass is 9.91. The number of aromatic nitrogens is 1. The molecule has 1 N–H and O–H groups in total. The van der Waals surface area contributed by atoms with Crippen molar-refractivity contribution in [3.05, 3.63) is 33.9 Å². The molecule has 1 atom stereocenters. The molecule has 0 bridgehead atoms. The molecular formula is C14H18BrIN2. The Kier molecular flexibility index (Phi) is 4.39. The maximum Gasteiger partial charge on any atom is 0.0459 e. The molecule has 3 rings (SSSR count). The third kappa shape index (κ3) is 2.47. The van der Waals surface area contributed by atoms with Gasteiger partial charge >= 0.3 is 0 Å². The molecule has 1 heterocycles. The third-order valence-corrected chi connectivity index (χ3v) is 4.35. The van der Waals surface area contributed by atoms with Crippen LogP contribution in [-0.2, 0) is 12.8 Å². The molecule has 1 aromatic heterocycles. The zero-order valence-corrected chi connectivity index (χ0v) is 14.6. The highest BCUT2D eigenvalue weighted by Gasteiger charge is 2.23. The van der Waals surface area contributed by atoms with Gasteiger partial charge in [0.25, 0.3) is 0 Å². The van der Waals surface area contributed by atoms with E-state index in [4.69, 9.17) is 0 Å². The van der Waals surface area contributed by atoms with E-state index in [2.05, 4.69) is 58.1 Å². The number of benzene rings is 1. The number of likely N-dealkylation sites (N-methyl/N-ethyl adjacent to an activating group) is 1. The maximum atomic E-state index is 3.56. The van der Waals surface area contributed by atoms with Crippen molar-refractivity contribution in [2.24, 2.45) is 0 Å². The van der Waals surface area contributed by atoms with Crippen LogP contribution >= 0.6 is 39.9 Å². The standard InChI is InChI=1S/C14H17BrN2.HI/c1-17(2)10-4-6-14-12(8-10)11-7-9(15)3-5-13(11)16-14;/h3,5,7,10,16H,4,6,8H2,1-2H3;1H. The lowest BCUT2D eigenvalue weighted by Crippen LogP contribution is -2.33. The van der Waals surface area contributed by atoms with Crippen LogP contribution in [0.3, 0.4) is 0 Å². The first-order valence-corrected chi connectivity index (χ1v) is 6.90. The van der Waals surface area contributed by atoms with Crippen LogP contribution < -0.4 is 0 Å². The van der Waals surface area contributed by atoms with Crippen molar-refractivity contribution in [2.75, 3.05) is 14.1 Å². The fourth-order valence-corrected chi connectivity index (χ4v) is 3.17. The Labute approximate surface area is 133 Å². The van der Waals surface area contributed by atoms with Crippen LogP contribution in [0.4, 0.5) is 0 Å². The van der Waals surface area contributed by atoms with Gasteiger partial charge in [0.15, 0.2) is 0 Å². The van der Waals surface area contributed by atoms with Gasteiger partial charge in [0.2, 0.25) is 0 Å². The van der Waals surface area contributed by atoms with Gasteiger partial charge in [-0.05, 0) is 57.1 Å². The minimum absolute atomic E-state index is 0. The zero-order valence-electron chi connectivity index (χ0n) is 10.7. The van der Waals surface area contributed by atoms with Gasteiger partial charge in [0.05, 0.1) is 0 Å². The van der Waals surface area contributed by atoms with E-state index in [1.165, 1.54) is 45.9 Å². The average Bonchev–Trinajstić information content (AvgIpc) is 2.66. The zero-order chi connectivity index (χ0) is 12.0. The molecule has 2 aromatic rings. The van der Waals surface area contributed by atoms with Crippen LogP contribution in [0.25, 0.3) is 10.9 Å². The highest BCUT2D eigenvalue weighted by Crippen LogP contribution is 2.31. The minimum atomic E-state index is 0. The molecular weight excluding hydrogens is 403 g/mol. The number of rotatable bonds is 1. The number of fused-ring (bicyclic) bond motifs is 3. The molecule has 0 amide bonds. The first kappa shape index (κ1) is 14.3. The van der Waals surface area contributed by atoms with E-state index < -0.39 is 0 Å². The number of halogens is 2. The molecule has 0 saturated carbocycles. The van der Waals surface area contributed by atoms with Gasteiger partial charge in [-0.3, -0.25) is 0 Å². The van der Waals surface area contributed by atoms with Crippen LogP contribution in [0.2, 0.25) is 0 Å². The van der Waals surface area contributed by atoms with Crippen LogP contribution in [-0.4, -0.2) is 30.0 Å². The number of aromatic amines is 1. The summed E-state index contributed by atoms with van der Waals surface area (Å²) in [5.74, 6) is 0. The Balaban J connectivity index is 0.00000120. The summed E-state index contributed by atoms with van der Waals surface area (Å²) in [7, 11) is 4.36.